The van der Waals surface area contributed by atoms with Crippen molar-refractivity contribution >= 4 is 32.6 Å². The van der Waals surface area contributed by atoms with Gasteiger partial charge >= 0.3 is 0 Å². The first-order valence-corrected chi connectivity index (χ1v) is 6.61. The SMILES string of the molecule is Cc1c2ccncc2cc2c3cc(O)ccc3n(C)c12. The number of aromatic hydroxyl groups is 1. The predicted molar refractivity (Wildman–Crippen MR) is 82.1 cm³/mol. The van der Waals surface area contributed by atoms with Crippen molar-refractivity contribution < 1.29 is 5.11 Å². The van der Waals surface area contributed by atoms with E-state index < -0.39 is 0 Å². The van der Waals surface area contributed by atoms with Crippen LogP contribution in [0.1, 0.15) is 5.56 Å². The van der Waals surface area contributed by atoms with E-state index in [0.717, 1.165) is 21.7 Å². The minimum absolute atomic E-state index is 0.300. The Hall–Kier alpha value is -2.55. The van der Waals surface area contributed by atoms with E-state index in [1.807, 2.05) is 24.5 Å². The van der Waals surface area contributed by atoms with Crippen LogP contribution in [0.4, 0.5) is 0 Å². The molecule has 98 valence electrons. The zero-order valence-electron chi connectivity index (χ0n) is 11.4. The van der Waals surface area contributed by atoms with Gasteiger partial charge in [-0.15, -0.1) is 0 Å². The molecule has 2 heterocycles. The number of pyridine rings is 1. The van der Waals surface area contributed by atoms with Crippen LogP contribution < -0.4 is 0 Å². The number of rotatable bonds is 0. The molecule has 0 unspecified atom stereocenters. The summed E-state index contributed by atoms with van der Waals surface area (Å²) >= 11 is 0. The highest BCUT2D eigenvalue weighted by molar-refractivity contribution is 6.14. The van der Waals surface area contributed by atoms with Crippen LogP contribution in [0.15, 0.2) is 42.7 Å². The number of aryl methyl sites for hydroxylation is 2. The number of nitrogens with zero attached hydrogens (tertiary/aromatic N) is 2. The number of phenolic OH excluding ortho intramolecular Hbond substituents is 1. The summed E-state index contributed by atoms with van der Waals surface area (Å²) in [4.78, 5) is 4.21. The van der Waals surface area contributed by atoms with Crippen LogP contribution in [0.5, 0.6) is 5.75 Å². The smallest absolute Gasteiger partial charge is 0.116 e. The number of hydrogen-bond donors (Lipinski definition) is 1. The van der Waals surface area contributed by atoms with Gasteiger partial charge in [-0.1, -0.05) is 0 Å². The van der Waals surface area contributed by atoms with Crippen molar-refractivity contribution in [2.24, 2.45) is 7.05 Å². The van der Waals surface area contributed by atoms with Crippen LogP contribution in [0.3, 0.4) is 0 Å². The van der Waals surface area contributed by atoms with Crippen LogP contribution in [-0.2, 0) is 7.05 Å². The lowest BCUT2D eigenvalue weighted by molar-refractivity contribution is 0.476. The largest absolute Gasteiger partial charge is 0.508 e. The maximum atomic E-state index is 9.76. The minimum Gasteiger partial charge on any atom is -0.508 e. The average molecular weight is 262 g/mol. The Balaban J connectivity index is 2.35. The molecule has 2 aromatic carbocycles. The molecule has 0 aliphatic carbocycles. The monoisotopic (exact) mass is 262 g/mol. The normalized spacial score (nSPS) is 11.7. The number of phenols is 1. The highest BCUT2D eigenvalue weighted by Gasteiger charge is 2.13. The van der Waals surface area contributed by atoms with Gasteiger partial charge in [-0.25, -0.2) is 0 Å². The fraction of sp³-hybridized carbons (Fsp3) is 0.118. The van der Waals surface area contributed by atoms with Crippen LogP contribution in [0.25, 0.3) is 32.6 Å². The first-order valence-electron chi connectivity index (χ1n) is 6.61. The van der Waals surface area contributed by atoms with E-state index in [0.29, 0.717) is 5.75 Å². The Bertz CT molecular complexity index is 983. The highest BCUT2D eigenvalue weighted by atomic mass is 16.3. The highest BCUT2D eigenvalue weighted by Crippen LogP contribution is 2.35. The van der Waals surface area contributed by atoms with Gasteiger partial charge in [0, 0.05) is 41.1 Å². The van der Waals surface area contributed by atoms with Crippen molar-refractivity contribution in [1.82, 2.24) is 9.55 Å². The summed E-state index contributed by atoms with van der Waals surface area (Å²) in [5, 5.41) is 14.4. The summed E-state index contributed by atoms with van der Waals surface area (Å²) < 4.78 is 2.19. The Morgan fingerprint density at radius 1 is 1.05 bits per heavy atom. The second kappa shape index (κ2) is 3.73. The zero-order valence-corrected chi connectivity index (χ0v) is 11.4. The Morgan fingerprint density at radius 3 is 2.75 bits per heavy atom. The number of fused-ring (bicyclic) bond motifs is 4. The molecule has 0 aliphatic heterocycles. The molecule has 0 radical (unpaired) electrons. The molecular formula is C17H14N2O. The van der Waals surface area contributed by atoms with Crippen molar-refractivity contribution in [1.29, 1.82) is 0 Å². The maximum Gasteiger partial charge on any atom is 0.116 e. The summed E-state index contributed by atoms with van der Waals surface area (Å²) in [6.45, 7) is 2.14. The van der Waals surface area contributed by atoms with Crippen molar-refractivity contribution in [3.8, 4) is 5.75 Å². The van der Waals surface area contributed by atoms with Crippen LogP contribution in [-0.4, -0.2) is 14.7 Å². The minimum atomic E-state index is 0.300. The molecule has 2 aromatic heterocycles. The molecule has 20 heavy (non-hydrogen) atoms. The maximum absolute atomic E-state index is 9.76. The van der Waals surface area contributed by atoms with Gasteiger partial charge in [0.1, 0.15) is 5.75 Å². The summed E-state index contributed by atoms with van der Waals surface area (Å²) in [6.07, 6.45) is 3.72. The third-order valence-corrected chi connectivity index (χ3v) is 4.13. The molecule has 0 bridgehead atoms. The van der Waals surface area contributed by atoms with Gasteiger partial charge in [0.2, 0.25) is 0 Å². The summed E-state index contributed by atoms with van der Waals surface area (Å²) in [7, 11) is 2.07. The standard InChI is InChI=1S/C17H14N2O/c1-10-13-5-6-18-9-11(13)7-15-14-8-12(20)3-4-16(14)19(2)17(10)15/h3-9,20H,1-2H3. The van der Waals surface area contributed by atoms with E-state index in [9.17, 15) is 5.11 Å². The van der Waals surface area contributed by atoms with Gasteiger partial charge < -0.3 is 9.67 Å². The lowest BCUT2D eigenvalue weighted by atomic mass is 10.0. The fourth-order valence-corrected chi connectivity index (χ4v) is 3.21. The van der Waals surface area contributed by atoms with E-state index in [2.05, 4.69) is 35.7 Å². The van der Waals surface area contributed by atoms with E-state index in [4.69, 9.17) is 0 Å². The van der Waals surface area contributed by atoms with Crippen LogP contribution in [0.2, 0.25) is 0 Å². The Morgan fingerprint density at radius 2 is 1.90 bits per heavy atom. The van der Waals surface area contributed by atoms with E-state index in [-0.39, 0.29) is 0 Å². The van der Waals surface area contributed by atoms with Crippen molar-refractivity contribution in [3.05, 3.63) is 48.3 Å². The van der Waals surface area contributed by atoms with Gasteiger partial charge in [-0.2, -0.15) is 0 Å². The third kappa shape index (κ3) is 1.32. The van der Waals surface area contributed by atoms with E-state index >= 15 is 0 Å². The second-order valence-electron chi connectivity index (χ2n) is 5.26. The molecule has 0 aliphatic rings. The molecule has 3 heteroatoms. The third-order valence-electron chi connectivity index (χ3n) is 4.13. The van der Waals surface area contributed by atoms with Crippen molar-refractivity contribution in [3.63, 3.8) is 0 Å². The number of aromatic nitrogens is 2. The van der Waals surface area contributed by atoms with Gasteiger partial charge in [-0.3, -0.25) is 4.98 Å². The number of benzene rings is 2. The summed E-state index contributed by atoms with van der Waals surface area (Å²) in [5.41, 5.74) is 3.59. The molecule has 4 rings (SSSR count). The van der Waals surface area contributed by atoms with Gasteiger partial charge in [0.15, 0.2) is 0 Å². The lowest BCUT2D eigenvalue weighted by Crippen LogP contribution is -1.90. The second-order valence-corrected chi connectivity index (χ2v) is 5.26. The van der Waals surface area contributed by atoms with Crippen molar-refractivity contribution in [2.45, 2.75) is 6.92 Å². The van der Waals surface area contributed by atoms with Crippen LogP contribution >= 0.6 is 0 Å². The topological polar surface area (TPSA) is 38.1 Å². The quantitative estimate of drug-likeness (QED) is 0.522. The Labute approximate surface area is 116 Å². The molecule has 0 saturated heterocycles. The molecule has 0 fully saturated rings. The predicted octanol–water partition coefficient (Wildman–Crippen LogP) is 3.89. The van der Waals surface area contributed by atoms with Gasteiger partial charge in [0.05, 0.1) is 5.52 Å². The zero-order chi connectivity index (χ0) is 13.9. The molecular weight excluding hydrogens is 248 g/mol. The van der Waals surface area contributed by atoms with Crippen LogP contribution in [0, 0.1) is 6.92 Å². The number of hydrogen-bond acceptors (Lipinski definition) is 2. The van der Waals surface area contributed by atoms with E-state index in [1.165, 1.54) is 16.5 Å². The molecule has 0 amide bonds. The average Bonchev–Trinajstić information content (AvgIpc) is 2.72. The molecule has 3 nitrogen and oxygen atoms in total. The lowest BCUT2D eigenvalue weighted by Gasteiger charge is -2.06. The van der Waals surface area contributed by atoms with Gasteiger partial charge in [0.25, 0.3) is 0 Å². The first kappa shape index (κ1) is 11.3. The van der Waals surface area contributed by atoms with Crippen molar-refractivity contribution in [2.75, 3.05) is 0 Å². The molecule has 1 N–H and O–H groups in total. The summed E-state index contributed by atoms with van der Waals surface area (Å²) in [6, 6.07) is 9.75. The van der Waals surface area contributed by atoms with E-state index in [1.54, 1.807) is 6.07 Å². The molecule has 4 aromatic rings. The molecule has 0 spiro atoms. The molecule has 0 atom stereocenters. The summed E-state index contributed by atoms with van der Waals surface area (Å²) in [5.74, 6) is 0.300. The Kier molecular flexibility index (Phi) is 2.11. The fourth-order valence-electron chi connectivity index (χ4n) is 3.21. The first-order chi connectivity index (χ1) is 9.66. The molecule has 0 saturated carbocycles. The van der Waals surface area contributed by atoms with Gasteiger partial charge in [-0.05, 0) is 48.2 Å².